The number of carboxylic acids is 1. The standard InChI is InChI=1S/C29H26ClN3O6/c1-16(2)37-21-7-4-18(5-8-21)27(38-22-9-11-23(17(3)12-22)36-15-26(34)35)29-31-28(32-33-29)25-14-19-13-20(30)6-10-24(19)39-25/h4-14,16,27H,15H2,1-3H3,(H,34,35)(H,31,32,33). The molecule has 2 N–H and O–H groups in total. The number of carboxylic acid groups (broad SMARTS) is 1. The number of benzene rings is 3. The average molecular weight is 548 g/mol. The third-order valence-corrected chi connectivity index (χ3v) is 5.99. The SMILES string of the molecule is Cc1cc(OC(c2ccc(OC(C)C)cc2)c2nc(-c3cc4cc(Cl)ccc4o3)n[nH]2)ccc1OCC(=O)O. The maximum atomic E-state index is 10.9. The van der Waals surface area contributed by atoms with E-state index in [9.17, 15) is 4.79 Å². The van der Waals surface area contributed by atoms with Gasteiger partial charge in [-0.15, -0.1) is 5.10 Å². The molecule has 10 heteroatoms. The van der Waals surface area contributed by atoms with Crippen LogP contribution in [0.25, 0.3) is 22.6 Å². The van der Waals surface area contributed by atoms with Gasteiger partial charge in [-0.2, -0.15) is 0 Å². The fourth-order valence-electron chi connectivity index (χ4n) is 4.03. The van der Waals surface area contributed by atoms with Crippen LogP contribution in [-0.2, 0) is 4.79 Å². The molecule has 0 fully saturated rings. The molecule has 0 bridgehead atoms. The molecule has 1 atom stereocenters. The lowest BCUT2D eigenvalue weighted by atomic mass is 10.1. The van der Waals surface area contributed by atoms with Crippen molar-refractivity contribution in [1.29, 1.82) is 0 Å². The van der Waals surface area contributed by atoms with Crippen LogP contribution >= 0.6 is 11.6 Å². The minimum atomic E-state index is -1.05. The smallest absolute Gasteiger partial charge is 0.341 e. The Morgan fingerprint density at radius 1 is 1.03 bits per heavy atom. The summed E-state index contributed by atoms with van der Waals surface area (Å²) in [5.74, 6) is 2.02. The molecule has 0 saturated heterocycles. The summed E-state index contributed by atoms with van der Waals surface area (Å²) in [6.07, 6.45) is -0.605. The Morgan fingerprint density at radius 3 is 2.51 bits per heavy atom. The number of aromatic amines is 1. The zero-order valence-electron chi connectivity index (χ0n) is 21.5. The van der Waals surface area contributed by atoms with Crippen LogP contribution in [0.15, 0.2) is 71.1 Å². The molecule has 5 aromatic rings. The van der Waals surface area contributed by atoms with E-state index >= 15 is 0 Å². The van der Waals surface area contributed by atoms with E-state index in [1.807, 2.05) is 57.2 Å². The van der Waals surface area contributed by atoms with Crippen molar-refractivity contribution in [2.75, 3.05) is 6.61 Å². The zero-order chi connectivity index (χ0) is 27.5. The van der Waals surface area contributed by atoms with Gasteiger partial charge >= 0.3 is 5.97 Å². The van der Waals surface area contributed by atoms with Crippen molar-refractivity contribution in [3.8, 4) is 28.8 Å². The second kappa shape index (κ2) is 11.1. The highest BCUT2D eigenvalue weighted by Crippen LogP contribution is 2.33. The number of hydrogen-bond donors (Lipinski definition) is 2. The monoisotopic (exact) mass is 547 g/mol. The molecule has 0 radical (unpaired) electrons. The lowest BCUT2D eigenvalue weighted by molar-refractivity contribution is -0.139. The summed E-state index contributed by atoms with van der Waals surface area (Å²) >= 11 is 6.12. The Morgan fingerprint density at radius 2 is 1.79 bits per heavy atom. The van der Waals surface area contributed by atoms with Gasteiger partial charge in [0.15, 0.2) is 24.3 Å². The molecule has 9 nitrogen and oxygen atoms in total. The predicted molar refractivity (Wildman–Crippen MR) is 146 cm³/mol. The minimum Gasteiger partial charge on any atom is -0.491 e. The van der Waals surface area contributed by atoms with E-state index in [1.54, 1.807) is 30.3 Å². The molecular weight excluding hydrogens is 522 g/mol. The van der Waals surface area contributed by atoms with Crippen molar-refractivity contribution in [3.63, 3.8) is 0 Å². The second-order valence-corrected chi connectivity index (χ2v) is 9.62. The van der Waals surface area contributed by atoms with Gasteiger partial charge in [-0.3, -0.25) is 5.10 Å². The van der Waals surface area contributed by atoms with Gasteiger partial charge in [0.25, 0.3) is 0 Å². The Hall–Kier alpha value is -4.50. The molecule has 0 saturated carbocycles. The molecule has 0 amide bonds. The molecule has 200 valence electrons. The molecule has 2 heterocycles. The molecule has 2 aromatic heterocycles. The maximum absolute atomic E-state index is 10.9. The lowest BCUT2D eigenvalue weighted by Gasteiger charge is -2.19. The van der Waals surface area contributed by atoms with Crippen LogP contribution in [0.1, 0.15) is 36.9 Å². The Balaban J connectivity index is 1.46. The fourth-order valence-corrected chi connectivity index (χ4v) is 4.21. The quantitative estimate of drug-likeness (QED) is 0.201. The van der Waals surface area contributed by atoms with E-state index < -0.39 is 18.7 Å². The van der Waals surface area contributed by atoms with Crippen LogP contribution in [0.5, 0.6) is 17.2 Å². The highest BCUT2D eigenvalue weighted by molar-refractivity contribution is 6.31. The minimum absolute atomic E-state index is 0.0447. The number of carbonyl (C=O) groups is 1. The van der Waals surface area contributed by atoms with Crippen molar-refractivity contribution < 1.29 is 28.5 Å². The first-order valence-electron chi connectivity index (χ1n) is 12.3. The largest absolute Gasteiger partial charge is 0.491 e. The van der Waals surface area contributed by atoms with E-state index in [1.165, 1.54) is 0 Å². The third-order valence-electron chi connectivity index (χ3n) is 5.76. The van der Waals surface area contributed by atoms with Crippen LogP contribution in [0.3, 0.4) is 0 Å². The van der Waals surface area contributed by atoms with Gasteiger partial charge in [0.05, 0.1) is 6.10 Å². The van der Waals surface area contributed by atoms with Crippen LogP contribution in [0.2, 0.25) is 5.02 Å². The number of nitrogens with zero attached hydrogens (tertiary/aromatic N) is 2. The molecule has 5 rings (SSSR count). The van der Waals surface area contributed by atoms with E-state index in [0.29, 0.717) is 39.5 Å². The number of furan rings is 1. The van der Waals surface area contributed by atoms with Gasteiger partial charge in [-0.1, -0.05) is 23.7 Å². The number of rotatable bonds is 10. The Kier molecular flexibility index (Phi) is 7.42. The van der Waals surface area contributed by atoms with Crippen molar-refractivity contribution in [2.45, 2.75) is 33.0 Å². The molecule has 1 unspecified atom stereocenters. The van der Waals surface area contributed by atoms with Gasteiger partial charge in [-0.05, 0) is 80.9 Å². The van der Waals surface area contributed by atoms with Crippen LogP contribution in [0, 0.1) is 6.92 Å². The number of aliphatic carboxylic acids is 1. The second-order valence-electron chi connectivity index (χ2n) is 9.18. The predicted octanol–water partition coefficient (Wildman–Crippen LogP) is 6.60. The highest BCUT2D eigenvalue weighted by atomic mass is 35.5. The summed E-state index contributed by atoms with van der Waals surface area (Å²) < 4.78 is 23.5. The summed E-state index contributed by atoms with van der Waals surface area (Å²) in [5, 5.41) is 17.7. The molecule has 0 aliphatic carbocycles. The first-order valence-corrected chi connectivity index (χ1v) is 12.6. The van der Waals surface area contributed by atoms with Crippen molar-refractivity contribution >= 4 is 28.5 Å². The van der Waals surface area contributed by atoms with E-state index in [-0.39, 0.29) is 6.10 Å². The van der Waals surface area contributed by atoms with Gasteiger partial charge < -0.3 is 23.7 Å². The first-order chi connectivity index (χ1) is 18.7. The van der Waals surface area contributed by atoms with Crippen LogP contribution < -0.4 is 14.2 Å². The first kappa shape index (κ1) is 26.1. The molecule has 0 spiro atoms. The maximum Gasteiger partial charge on any atom is 0.341 e. The topological polar surface area (TPSA) is 120 Å². The molecule has 39 heavy (non-hydrogen) atoms. The van der Waals surface area contributed by atoms with Crippen molar-refractivity contribution in [2.24, 2.45) is 0 Å². The Bertz CT molecular complexity index is 1610. The van der Waals surface area contributed by atoms with Crippen molar-refractivity contribution in [1.82, 2.24) is 15.2 Å². The molecular formula is C29H26ClN3O6. The summed E-state index contributed by atoms with van der Waals surface area (Å²) in [4.78, 5) is 15.6. The van der Waals surface area contributed by atoms with E-state index in [2.05, 4.69) is 10.2 Å². The summed E-state index contributed by atoms with van der Waals surface area (Å²) in [6, 6.07) is 19.9. The number of halogens is 1. The molecule has 0 aliphatic rings. The number of ether oxygens (including phenoxy) is 3. The van der Waals surface area contributed by atoms with Crippen LogP contribution in [0.4, 0.5) is 0 Å². The van der Waals surface area contributed by atoms with Crippen molar-refractivity contribution in [3.05, 3.63) is 88.7 Å². The summed E-state index contributed by atoms with van der Waals surface area (Å²) in [7, 11) is 0. The highest BCUT2D eigenvalue weighted by Gasteiger charge is 2.23. The van der Waals surface area contributed by atoms with Gasteiger partial charge in [0.2, 0.25) is 5.82 Å². The van der Waals surface area contributed by atoms with Crippen LogP contribution in [-0.4, -0.2) is 39.0 Å². The third kappa shape index (κ3) is 6.15. The molecule has 3 aromatic carbocycles. The number of H-pyrrole nitrogens is 1. The fraction of sp³-hybridized carbons (Fsp3) is 0.207. The number of hydrogen-bond acceptors (Lipinski definition) is 7. The van der Waals surface area contributed by atoms with Gasteiger partial charge in [0.1, 0.15) is 22.8 Å². The number of aryl methyl sites for hydroxylation is 1. The summed E-state index contributed by atoms with van der Waals surface area (Å²) in [5.41, 5.74) is 2.22. The molecule has 0 aliphatic heterocycles. The lowest BCUT2D eigenvalue weighted by Crippen LogP contribution is -2.12. The van der Waals surface area contributed by atoms with E-state index in [4.69, 9.17) is 40.3 Å². The average Bonchev–Trinajstić information content (AvgIpc) is 3.54. The van der Waals surface area contributed by atoms with Gasteiger partial charge in [-0.25, -0.2) is 9.78 Å². The van der Waals surface area contributed by atoms with E-state index in [0.717, 1.165) is 22.3 Å². The number of aromatic nitrogens is 3. The zero-order valence-corrected chi connectivity index (χ0v) is 22.2. The normalized spacial score (nSPS) is 12.0. The number of nitrogens with one attached hydrogen (secondary N) is 1. The summed E-state index contributed by atoms with van der Waals surface area (Å²) in [6.45, 7) is 5.32. The van der Waals surface area contributed by atoms with Gasteiger partial charge in [0, 0.05) is 16.0 Å². The number of fused-ring (bicyclic) bond motifs is 1. The Labute approximate surface area is 229 Å².